The van der Waals surface area contributed by atoms with E-state index in [9.17, 15) is 0 Å². The lowest BCUT2D eigenvalue weighted by Gasteiger charge is -2.24. The molecule has 0 unspecified atom stereocenters. The van der Waals surface area contributed by atoms with Crippen molar-refractivity contribution in [1.29, 1.82) is 0 Å². The molecular formula is C11H15N5O. The number of anilines is 1. The number of aromatic nitrogens is 4. The molecule has 0 amide bonds. The first-order valence-corrected chi connectivity index (χ1v) is 5.92. The van der Waals surface area contributed by atoms with Crippen molar-refractivity contribution in [1.82, 2.24) is 20.2 Å². The van der Waals surface area contributed by atoms with Crippen molar-refractivity contribution in [3.63, 3.8) is 0 Å². The summed E-state index contributed by atoms with van der Waals surface area (Å²) in [6, 6.07) is 0. The minimum atomic E-state index is 0.209. The molecule has 0 aromatic carbocycles. The van der Waals surface area contributed by atoms with Gasteiger partial charge in [0.1, 0.15) is 5.39 Å². The molecule has 0 radical (unpaired) electrons. The van der Waals surface area contributed by atoms with Crippen molar-refractivity contribution < 1.29 is 4.74 Å². The standard InChI is InChI=1S/C11H15N5O/c12-11-14-9-8(6-13-16-9)10(15-11)17-5-4-7-2-1-3-7/h6-7H,1-5H2,(H3,12,13,14,15,16). The van der Waals surface area contributed by atoms with E-state index in [0.29, 0.717) is 18.1 Å². The first kappa shape index (κ1) is 10.3. The maximum Gasteiger partial charge on any atom is 0.229 e. The smallest absolute Gasteiger partial charge is 0.229 e. The molecule has 17 heavy (non-hydrogen) atoms. The zero-order valence-electron chi connectivity index (χ0n) is 9.52. The van der Waals surface area contributed by atoms with Crippen LogP contribution in [-0.2, 0) is 0 Å². The van der Waals surface area contributed by atoms with Crippen LogP contribution in [0.25, 0.3) is 11.0 Å². The Kier molecular flexibility index (Phi) is 2.55. The van der Waals surface area contributed by atoms with Gasteiger partial charge in [0.25, 0.3) is 0 Å². The molecule has 0 saturated heterocycles. The summed E-state index contributed by atoms with van der Waals surface area (Å²) in [7, 11) is 0. The van der Waals surface area contributed by atoms with Crippen LogP contribution in [0.1, 0.15) is 25.7 Å². The van der Waals surface area contributed by atoms with Crippen LogP contribution >= 0.6 is 0 Å². The van der Waals surface area contributed by atoms with Gasteiger partial charge in [-0.2, -0.15) is 15.1 Å². The van der Waals surface area contributed by atoms with Gasteiger partial charge in [-0.3, -0.25) is 5.10 Å². The third kappa shape index (κ3) is 2.02. The number of nitrogens with zero attached hydrogens (tertiary/aromatic N) is 3. The molecule has 6 heteroatoms. The number of ether oxygens (including phenoxy) is 1. The van der Waals surface area contributed by atoms with Crippen molar-refractivity contribution in [3.8, 4) is 5.88 Å². The number of aromatic amines is 1. The van der Waals surface area contributed by atoms with E-state index >= 15 is 0 Å². The van der Waals surface area contributed by atoms with Gasteiger partial charge in [0.2, 0.25) is 11.8 Å². The summed E-state index contributed by atoms with van der Waals surface area (Å²) in [5, 5.41) is 7.46. The first-order chi connectivity index (χ1) is 8.33. The van der Waals surface area contributed by atoms with Crippen LogP contribution in [0.15, 0.2) is 6.20 Å². The topological polar surface area (TPSA) is 89.7 Å². The van der Waals surface area contributed by atoms with Gasteiger partial charge in [-0.05, 0) is 12.3 Å². The van der Waals surface area contributed by atoms with Gasteiger partial charge in [-0.1, -0.05) is 19.3 Å². The zero-order valence-corrected chi connectivity index (χ0v) is 9.52. The van der Waals surface area contributed by atoms with Gasteiger partial charge in [0.05, 0.1) is 12.8 Å². The lowest BCUT2D eigenvalue weighted by Crippen LogP contribution is -2.15. The molecule has 1 aliphatic carbocycles. The van der Waals surface area contributed by atoms with Gasteiger partial charge in [0, 0.05) is 0 Å². The van der Waals surface area contributed by atoms with Crippen molar-refractivity contribution >= 4 is 17.0 Å². The number of hydrogen-bond acceptors (Lipinski definition) is 5. The Morgan fingerprint density at radius 2 is 2.29 bits per heavy atom. The summed E-state index contributed by atoms with van der Waals surface area (Å²) in [5.74, 6) is 1.56. The van der Waals surface area contributed by atoms with Gasteiger partial charge in [-0.25, -0.2) is 0 Å². The molecule has 1 aliphatic rings. The Balaban J connectivity index is 1.72. The average Bonchev–Trinajstić information content (AvgIpc) is 2.69. The molecule has 1 fully saturated rings. The summed E-state index contributed by atoms with van der Waals surface area (Å²) in [6.45, 7) is 0.682. The Morgan fingerprint density at radius 3 is 3.06 bits per heavy atom. The molecule has 3 N–H and O–H groups in total. The number of nitrogen functional groups attached to an aromatic ring is 1. The van der Waals surface area contributed by atoms with E-state index in [1.165, 1.54) is 19.3 Å². The summed E-state index contributed by atoms with van der Waals surface area (Å²) in [6.07, 6.45) is 6.76. The van der Waals surface area contributed by atoms with Crippen molar-refractivity contribution in [3.05, 3.63) is 6.20 Å². The predicted molar refractivity (Wildman–Crippen MR) is 63.5 cm³/mol. The van der Waals surface area contributed by atoms with Crippen molar-refractivity contribution in [2.24, 2.45) is 5.92 Å². The summed E-state index contributed by atoms with van der Waals surface area (Å²) in [4.78, 5) is 8.13. The Hall–Kier alpha value is -1.85. The fraction of sp³-hybridized carbons (Fsp3) is 0.545. The van der Waals surface area contributed by atoms with E-state index in [-0.39, 0.29) is 5.95 Å². The first-order valence-electron chi connectivity index (χ1n) is 5.92. The van der Waals surface area contributed by atoms with E-state index in [4.69, 9.17) is 10.5 Å². The third-order valence-electron chi connectivity index (χ3n) is 3.28. The van der Waals surface area contributed by atoms with E-state index in [2.05, 4.69) is 20.2 Å². The maximum absolute atomic E-state index is 5.67. The Morgan fingerprint density at radius 1 is 1.41 bits per heavy atom. The zero-order chi connectivity index (χ0) is 11.7. The molecule has 0 bridgehead atoms. The maximum atomic E-state index is 5.67. The molecule has 0 spiro atoms. The second-order valence-electron chi connectivity index (χ2n) is 4.45. The average molecular weight is 233 g/mol. The molecule has 0 aliphatic heterocycles. The van der Waals surface area contributed by atoms with Gasteiger partial charge < -0.3 is 10.5 Å². The van der Waals surface area contributed by atoms with E-state index in [1.54, 1.807) is 6.20 Å². The van der Waals surface area contributed by atoms with E-state index in [1.807, 2.05) is 0 Å². The Bertz CT molecular complexity index is 520. The van der Waals surface area contributed by atoms with Gasteiger partial charge in [-0.15, -0.1) is 0 Å². The van der Waals surface area contributed by atoms with Gasteiger partial charge in [0.15, 0.2) is 5.65 Å². The predicted octanol–water partition coefficient (Wildman–Crippen LogP) is 1.50. The van der Waals surface area contributed by atoms with Crippen LogP contribution in [0.4, 0.5) is 5.95 Å². The molecule has 2 heterocycles. The summed E-state index contributed by atoms with van der Waals surface area (Å²) < 4.78 is 5.67. The fourth-order valence-electron chi connectivity index (χ4n) is 2.04. The number of nitrogens with one attached hydrogen (secondary N) is 1. The van der Waals surface area contributed by atoms with E-state index in [0.717, 1.165) is 17.7 Å². The largest absolute Gasteiger partial charge is 0.477 e. The fourth-order valence-corrected chi connectivity index (χ4v) is 2.04. The number of nitrogens with two attached hydrogens (primary N) is 1. The van der Waals surface area contributed by atoms with Crippen molar-refractivity contribution in [2.75, 3.05) is 12.3 Å². The summed E-state index contributed by atoms with van der Waals surface area (Å²) >= 11 is 0. The van der Waals surface area contributed by atoms with Crippen LogP contribution in [-0.4, -0.2) is 26.8 Å². The van der Waals surface area contributed by atoms with E-state index < -0.39 is 0 Å². The monoisotopic (exact) mass is 233 g/mol. The van der Waals surface area contributed by atoms with Crippen LogP contribution in [0, 0.1) is 5.92 Å². The van der Waals surface area contributed by atoms with Crippen LogP contribution in [0.3, 0.4) is 0 Å². The SMILES string of the molecule is Nc1nc(OCCC2CCC2)c2cn[nH]c2n1. The second-order valence-corrected chi connectivity index (χ2v) is 4.45. The Labute approximate surface area is 98.6 Å². The molecule has 2 aromatic rings. The quantitative estimate of drug-likeness (QED) is 0.835. The molecule has 3 rings (SSSR count). The normalized spacial score (nSPS) is 16.0. The minimum Gasteiger partial charge on any atom is -0.477 e. The lowest BCUT2D eigenvalue weighted by atomic mass is 9.83. The third-order valence-corrected chi connectivity index (χ3v) is 3.28. The number of fused-ring (bicyclic) bond motifs is 1. The molecule has 90 valence electrons. The number of H-pyrrole nitrogens is 1. The summed E-state index contributed by atoms with van der Waals surface area (Å²) in [5.41, 5.74) is 6.22. The van der Waals surface area contributed by atoms with Gasteiger partial charge >= 0.3 is 0 Å². The molecule has 2 aromatic heterocycles. The lowest BCUT2D eigenvalue weighted by molar-refractivity contribution is 0.219. The minimum absolute atomic E-state index is 0.209. The highest BCUT2D eigenvalue weighted by Crippen LogP contribution is 2.29. The highest BCUT2D eigenvalue weighted by molar-refractivity contribution is 5.80. The van der Waals surface area contributed by atoms with Crippen molar-refractivity contribution in [2.45, 2.75) is 25.7 Å². The molecule has 0 atom stereocenters. The highest BCUT2D eigenvalue weighted by Gasteiger charge is 2.17. The number of rotatable bonds is 4. The number of hydrogen-bond donors (Lipinski definition) is 2. The van der Waals surface area contributed by atoms with Crippen LogP contribution < -0.4 is 10.5 Å². The molecule has 1 saturated carbocycles. The van der Waals surface area contributed by atoms with Crippen LogP contribution in [0.2, 0.25) is 0 Å². The second kappa shape index (κ2) is 4.20. The van der Waals surface area contributed by atoms with Crippen LogP contribution in [0.5, 0.6) is 5.88 Å². The highest BCUT2D eigenvalue weighted by atomic mass is 16.5. The molecular weight excluding hydrogens is 218 g/mol. The molecule has 6 nitrogen and oxygen atoms in total.